The first-order valence-corrected chi connectivity index (χ1v) is 2.60. The van der Waals surface area contributed by atoms with Crippen LogP contribution in [0, 0.1) is 0 Å². The van der Waals surface area contributed by atoms with Crippen LogP contribution in [-0.4, -0.2) is 17.6 Å². The molecule has 0 aromatic carbocycles. The van der Waals surface area contributed by atoms with Gasteiger partial charge in [0.15, 0.2) is 0 Å². The van der Waals surface area contributed by atoms with Gasteiger partial charge in [0.1, 0.15) is 0 Å². The van der Waals surface area contributed by atoms with Gasteiger partial charge in [-0.05, 0) is 0 Å². The van der Waals surface area contributed by atoms with E-state index in [1.807, 2.05) is 24.3 Å². The van der Waals surface area contributed by atoms with Gasteiger partial charge in [-0.15, -0.1) is 0 Å². The zero-order chi connectivity index (χ0) is 5.82. The van der Waals surface area contributed by atoms with E-state index in [2.05, 4.69) is 0 Å². The fourth-order valence-corrected chi connectivity index (χ4v) is 0.626. The van der Waals surface area contributed by atoms with Crippen molar-refractivity contribution in [2.75, 3.05) is 0 Å². The van der Waals surface area contributed by atoms with E-state index in [4.69, 9.17) is 5.02 Å². The molecule has 1 rings (SSSR count). The summed E-state index contributed by atoms with van der Waals surface area (Å²) in [5.41, 5.74) is 0.965. The normalized spacial score (nSPS) is 21.2. The Hall–Kier alpha value is -0.785. The van der Waals surface area contributed by atoms with Gasteiger partial charge in [0.05, 0.1) is 0 Å². The second-order valence-electron chi connectivity index (χ2n) is 1.70. The van der Waals surface area contributed by atoms with Gasteiger partial charge in [0.2, 0.25) is 0 Å². The quantitative estimate of drug-likeness (QED) is 0.440. The average molecular weight is 106 g/mol. The van der Waals surface area contributed by atoms with Gasteiger partial charge >= 0.3 is 48.3 Å². The number of hydrogen-bond donors (Lipinski definition) is 1. The summed E-state index contributed by atoms with van der Waals surface area (Å²) in [7, 11) is 1.14. The molecule has 0 aromatic rings. The van der Waals surface area contributed by atoms with Crippen molar-refractivity contribution in [3.8, 4) is 0 Å². The molecule has 0 saturated carbocycles. The van der Waals surface area contributed by atoms with Gasteiger partial charge in [0, 0.05) is 0 Å². The van der Waals surface area contributed by atoms with E-state index in [-0.39, 0.29) is 0 Å². The maximum absolute atomic E-state index is 8.44. The molecule has 0 unspecified atom stereocenters. The third kappa shape index (κ3) is 1.09. The molecule has 0 atom stereocenters. The molecule has 1 aliphatic rings. The van der Waals surface area contributed by atoms with Crippen molar-refractivity contribution in [3.63, 3.8) is 0 Å². The van der Waals surface area contributed by atoms with Gasteiger partial charge in [-0.3, -0.25) is 0 Å². The standard InChI is InChI=1S/C6H7BO/c8-7-6-4-2-1-3-5-6/h1-4,8H,5H2. The second-order valence-corrected chi connectivity index (χ2v) is 1.70. The molecule has 0 aliphatic heterocycles. The van der Waals surface area contributed by atoms with Crippen LogP contribution in [0.25, 0.3) is 0 Å². The molecule has 1 aliphatic carbocycles. The molecule has 1 nitrogen and oxygen atoms in total. The fraction of sp³-hybridized carbons (Fsp3) is 0.167. The minimum absolute atomic E-state index is 0.854. The van der Waals surface area contributed by atoms with Gasteiger partial charge in [0.25, 0.3) is 0 Å². The van der Waals surface area contributed by atoms with Gasteiger partial charge in [-0.25, -0.2) is 0 Å². The van der Waals surface area contributed by atoms with Crippen molar-refractivity contribution >= 4 is 12.6 Å². The van der Waals surface area contributed by atoms with Crippen LogP contribution in [0.5, 0.6) is 0 Å². The van der Waals surface area contributed by atoms with Crippen LogP contribution in [0.4, 0.5) is 0 Å². The number of hydrogen-bond acceptors (Lipinski definition) is 1. The van der Waals surface area contributed by atoms with Gasteiger partial charge in [-0.2, -0.15) is 0 Å². The summed E-state index contributed by atoms with van der Waals surface area (Å²) in [5.74, 6) is 0. The van der Waals surface area contributed by atoms with Crippen molar-refractivity contribution in [1.29, 1.82) is 0 Å². The van der Waals surface area contributed by atoms with Crippen LogP contribution in [0.1, 0.15) is 6.42 Å². The van der Waals surface area contributed by atoms with Crippen LogP contribution in [-0.2, 0) is 0 Å². The molecule has 0 spiro atoms. The zero-order valence-electron chi connectivity index (χ0n) is 4.54. The summed E-state index contributed by atoms with van der Waals surface area (Å²) in [6.07, 6.45) is 8.62. The molecular formula is C6H7BO. The molecule has 0 aromatic heterocycles. The Balaban J connectivity index is 2.66. The van der Waals surface area contributed by atoms with E-state index in [1.165, 1.54) is 0 Å². The number of rotatable bonds is 0. The topological polar surface area (TPSA) is 20.2 Å². The zero-order valence-corrected chi connectivity index (χ0v) is 4.54. The van der Waals surface area contributed by atoms with Crippen LogP contribution >= 0.6 is 0 Å². The van der Waals surface area contributed by atoms with Crippen molar-refractivity contribution in [2.45, 2.75) is 6.42 Å². The van der Waals surface area contributed by atoms with Crippen LogP contribution < -0.4 is 0 Å². The summed E-state index contributed by atoms with van der Waals surface area (Å²) in [4.78, 5) is 0. The monoisotopic (exact) mass is 106 g/mol. The molecule has 0 heterocycles. The van der Waals surface area contributed by atoms with Crippen molar-refractivity contribution < 1.29 is 5.02 Å². The van der Waals surface area contributed by atoms with Crippen LogP contribution in [0.3, 0.4) is 0 Å². The minimum atomic E-state index is 0.854. The molecule has 0 fully saturated rings. The SMILES string of the molecule is OB=C1C=CC=CC1. The molecular weight excluding hydrogens is 98.9 g/mol. The summed E-state index contributed by atoms with van der Waals surface area (Å²) in [5, 5.41) is 8.44. The molecule has 2 heteroatoms. The van der Waals surface area contributed by atoms with E-state index < -0.39 is 0 Å². The fourth-order valence-electron chi connectivity index (χ4n) is 0.626. The predicted molar refractivity (Wildman–Crippen MR) is 35.9 cm³/mol. The molecule has 0 saturated heterocycles. The summed E-state index contributed by atoms with van der Waals surface area (Å²) >= 11 is 0. The molecule has 8 heavy (non-hydrogen) atoms. The molecule has 0 amide bonds. The van der Waals surface area contributed by atoms with Gasteiger partial charge in [-0.1, -0.05) is 0 Å². The summed E-state index contributed by atoms with van der Waals surface area (Å²) < 4.78 is 0. The van der Waals surface area contributed by atoms with E-state index in [1.54, 1.807) is 0 Å². The second kappa shape index (κ2) is 2.50. The third-order valence-electron chi connectivity index (χ3n) is 1.08. The Bertz CT molecular complexity index is 156. The Morgan fingerprint density at radius 3 is 2.75 bits per heavy atom. The van der Waals surface area contributed by atoms with Gasteiger partial charge < -0.3 is 0 Å². The first kappa shape index (κ1) is 5.35. The maximum atomic E-state index is 8.44. The Morgan fingerprint density at radius 2 is 2.38 bits per heavy atom. The first-order valence-electron chi connectivity index (χ1n) is 2.60. The Morgan fingerprint density at radius 1 is 1.50 bits per heavy atom. The average Bonchev–Trinajstić information content (AvgIpc) is 1.90. The Labute approximate surface area is 49.3 Å². The molecule has 40 valence electrons. The van der Waals surface area contributed by atoms with Crippen molar-refractivity contribution in [2.24, 2.45) is 0 Å². The summed E-state index contributed by atoms with van der Waals surface area (Å²) in [6, 6.07) is 0. The predicted octanol–water partition coefficient (Wildman–Crippen LogP) is 0.286. The van der Waals surface area contributed by atoms with E-state index in [9.17, 15) is 0 Å². The summed E-state index contributed by atoms with van der Waals surface area (Å²) in [6.45, 7) is 0. The molecule has 0 bridgehead atoms. The van der Waals surface area contributed by atoms with E-state index in [0.717, 1.165) is 19.0 Å². The number of allylic oxidation sites excluding steroid dienone is 4. The van der Waals surface area contributed by atoms with Crippen molar-refractivity contribution in [3.05, 3.63) is 24.3 Å². The van der Waals surface area contributed by atoms with E-state index in [0.29, 0.717) is 0 Å². The van der Waals surface area contributed by atoms with Crippen molar-refractivity contribution in [1.82, 2.24) is 0 Å². The molecule has 0 radical (unpaired) electrons. The first-order chi connectivity index (χ1) is 3.93. The van der Waals surface area contributed by atoms with Crippen LogP contribution in [0.2, 0.25) is 0 Å². The van der Waals surface area contributed by atoms with E-state index >= 15 is 0 Å². The van der Waals surface area contributed by atoms with Crippen LogP contribution in [0.15, 0.2) is 24.3 Å². The third-order valence-corrected chi connectivity index (χ3v) is 1.08. The Kier molecular flexibility index (Phi) is 1.68. The molecule has 1 N–H and O–H groups in total.